The van der Waals surface area contributed by atoms with Crippen molar-refractivity contribution in [3.05, 3.63) is 88.7 Å². The number of carbonyl (C=O) groups excluding carboxylic acids is 3. The van der Waals surface area contributed by atoms with Crippen LogP contribution in [0.25, 0.3) is 0 Å². The molecule has 0 atom stereocenters. The number of nitrogens with one attached hydrogen (secondary N) is 1. The number of carbonyl (C=O) groups is 3. The zero-order chi connectivity index (χ0) is 27.8. The molecule has 3 amide bonds. The molecule has 1 aliphatic heterocycles. The van der Waals surface area contributed by atoms with Crippen LogP contribution in [0.2, 0.25) is 0 Å². The van der Waals surface area contributed by atoms with E-state index in [1.165, 1.54) is 0 Å². The Bertz CT molecular complexity index is 1330. The molecule has 0 bridgehead atoms. The van der Waals surface area contributed by atoms with Crippen molar-refractivity contribution in [1.29, 1.82) is 0 Å². The molecule has 9 nitrogen and oxygen atoms in total. The van der Waals surface area contributed by atoms with Crippen LogP contribution in [0.15, 0.2) is 60.7 Å². The summed E-state index contributed by atoms with van der Waals surface area (Å²) in [7, 11) is 0. The molecule has 1 saturated heterocycles. The minimum Gasteiger partial charge on any atom is -0.494 e. The number of benzene rings is 2. The summed E-state index contributed by atoms with van der Waals surface area (Å²) in [6, 6.07) is 17.9. The fourth-order valence-electron chi connectivity index (χ4n) is 4.73. The van der Waals surface area contributed by atoms with Gasteiger partial charge in [-0.3, -0.25) is 19.4 Å². The zero-order valence-electron chi connectivity index (χ0n) is 22.3. The van der Waals surface area contributed by atoms with Crippen LogP contribution in [0.1, 0.15) is 63.4 Å². The number of aromatic nitrogens is 1. The minimum atomic E-state index is -0.608. The molecule has 3 aromatic rings. The van der Waals surface area contributed by atoms with Gasteiger partial charge in [-0.2, -0.15) is 0 Å². The van der Waals surface area contributed by atoms with Crippen molar-refractivity contribution in [2.75, 3.05) is 26.3 Å². The lowest BCUT2D eigenvalue weighted by atomic mass is 9.89. The van der Waals surface area contributed by atoms with Gasteiger partial charge in [-0.05, 0) is 57.0 Å². The molecule has 4 rings (SSSR count). The summed E-state index contributed by atoms with van der Waals surface area (Å²) in [6.45, 7) is 5.57. The number of piperidine rings is 1. The fourth-order valence-corrected chi connectivity index (χ4v) is 4.73. The van der Waals surface area contributed by atoms with Gasteiger partial charge in [-0.25, -0.2) is 0 Å². The summed E-state index contributed by atoms with van der Waals surface area (Å²) < 4.78 is 11.3. The first kappa shape index (κ1) is 27.6. The van der Waals surface area contributed by atoms with E-state index in [1.807, 2.05) is 50.2 Å². The molecule has 1 aromatic heterocycles. The van der Waals surface area contributed by atoms with Gasteiger partial charge >= 0.3 is 0 Å². The lowest BCUT2D eigenvalue weighted by molar-refractivity contribution is -0.134. The predicted octanol–water partition coefficient (Wildman–Crippen LogP) is 3.60. The number of ether oxygens (including phenoxy) is 2. The summed E-state index contributed by atoms with van der Waals surface area (Å²) in [5, 5.41) is 3.01. The van der Waals surface area contributed by atoms with Crippen molar-refractivity contribution in [2.24, 2.45) is 5.73 Å². The molecule has 9 heteroatoms. The van der Waals surface area contributed by atoms with Gasteiger partial charge in [0, 0.05) is 36.8 Å². The number of pyridine rings is 1. The third-order valence-corrected chi connectivity index (χ3v) is 6.76. The highest BCUT2D eigenvalue weighted by Gasteiger charge is 2.28. The molecule has 2 aromatic carbocycles. The standard InChI is InChI=1S/C30H34N4O5/c1-3-38-25-10-6-4-8-22(25)18-32-30(37)24-13-12-20(2)33-28(24)21-14-16-34(17-15-21)27(35)19-39-26-11-7-5-9-23(26)29(31)36/h4-13,21H,3,14-19H2,1-2H3,(H2,31,36)(H,32,37). The van der Waals surface area contributed by atoms with Crippen molar-refractivity contribution in [3.8, 4) is 11.5 Å². The van der Waals surface area contributed by atoms with E-state index in [9.17, 15) is 14.4 Å². The number of nitrogens with two attached hydrogens (primary N) is 1. The molecule has 0 radical (unpaired) electrons. The average molecular weight is 531 g/mol. The Morgan fingerprint density at radius 2 is 1.64 bits per heavy atom. The minimum absolute atomic E-state index is 0.0434. The maximum Gasteiger partial charge on any atom is 0.260 e. The molecular formula is C30H34N4O5. The van der Waals surface area contributed by atoms with E-state index in [0.29, 0.717) is 44.6 Å². The van der Waals surface area contributed by atoms with Gasteiger partial charge in [-0.1, -0.05) is 30.3 Å². The SMILES string of the molecule is CCOc1ccccc1CNC(=O)c1ccc(C)nc1C1CCN(C(=O)COc2ccccc2C(N)=O)CC1. The van der Waals surface area contributed by atoms with Gasteiger partial charge in [0.1, 0.15) is 11.5 Å². The van der Waals surface area contributed by atoms with Crippen molar-refractivity contribution in [2.45, 2.75) is 39.2 Å². The third-order valence-electron chi connectivity index (χ3n) is 6.76. The van der Waals surface area contributed by atoms with Gasteiger partial charge in [0.05, 0.1) is 23.4 Å². The van der Waals surface area contributed by atoms with Gasteiger partial charge in [0.2, 0.25) is 0 Å². The number of para-hydroxylation sites is 2. The van der Waals surface area contributed by atoms with Gasteiger partial charge < -0.3 is 25.4 Å². The van der Waals surface area contributed by atoms with Crippen LogP contribution in [-0.2, 0) is 11.3 Å². The number of primary amides is 1. The molecule has 0 aliphatic carbocycles. The van der Waals surface area contributed by atoms with E-state index in [1.54, 1.807) is 29.2 Å². The van der Waals surface area contributed by atoms with Crippen LogP contribution in [0.4, 0.5) is 0 Å². The Kier molecular flexibility index (Phi) is 9.14. The maximum absolute atomic E-state index is 13.2. The molecule has 1 fully saturated rings. The number of rotatable bonds is 10. The third kappa shape index (κ3) is 6.93. The summed E-state index contributed by atoms with van der Waals surface area (Å²) >= 11 is 0. The van der Waals surface area contributed by atoms with Crippen LogP contribution in [0, 0.1) is 6.92 Å². The largest absolute Gasteiger partial charge is 0.494 e. The van der Waals surface area contributed by atoms with Crippen LogP contribution in [0.3, 0.4) is 0 Å². The summed E-state index contributed by atoms with van der Waals surface area (Å²) in [6.07, 6.45) is 1.35. The predicted molar refractivity (Wildman–Crippen MR) is 147 cm³/mol. The van der Waals surface area contributed by atoms with Gasteiger partial charge in [0.15, 0.2) is 6.61 Å². The normalized spacial score (nSPS) is 13.5. The van der Waals surface area contributed by atoms with Crippen LogP contribution < -0.4 is 20.5 Å². The van der Waals surface area contributed by atoms with E-state index in [0.717, 1.165) is 22.7 Å². The Morgan fingerprint density at radius 3 is 2.36 bits per heavy atom. The lowest BCUT2D eigenvalue weighted by Crippen LogP contribution is -2.41. The summed E-state index contributed by atoms with van der Waals surface area (Å²) in [4.78, 5) is 44.1. The monoisotopic (exact) mass is 530 g/mol. The van der Waals surface area contributed by atoms with Crippen molar-refractivity contribution in [3.63, 3.8) is 0 Å². The van der Waals surface area contributed by atoms with Gasteiger partial charge in [0.25, 0.3) is 17.7 Å². The van der Waals surface area contributed by atoms with Crippen LogP contribution >= 0.6 is 0 Å². The first-order valence-electron chi connectivity index (χ1n) is 13.1. The number of nitrogens with zero attached hydrogens (tertiary/aromatic N) is 2. The number of hydrogen-bond donors (Lipinski definition) is 2. The summed E-state index contributed by atoms with van der Waals surface area (Å²) in [5.74, 6) is 0.114. The lowest BCUT2D eigenvalue weighted by Gasteiger charge is -2.32. The highest BCUT2D eigenvalue weighted by atomic mass is 16.5. The second-order valence-corrected chi connectivity index (χ2v) is 9.41. The highest BCUT2D eigenvalue weighted by Crippen LogP contribution is 2.30. The molecule has 2 heterocycles. The molecule has 0 unspecified atom stereocenters. The quantitative estimate of drug-likeness (QED) is 0.413. The van der Waals surface area contributed by atoms with E-state index < -0.39 is 5.91 Å². The van der Waals surface area contributed by atoms with Crippen molar-refractivity contribution in [1.82, 2.24) is 15.2 Å². The smallest absolute Gasteiger partial charge is 0.260 e. The van der Waals surface area contributed by atoms with E-state index >= 15 is 0 Å². The number of amides is 3. The molecule has 0 spiro atoms. The van der Waals surface area contributed by atoms with Gasteiger partial charge in [-0.15, -0.1) is 0 Å². The van der Waals surface area contributed by atoms with E-state index in [2.05, 4.69) is 5.32 Å². The molecule has 3 N–H and O–H groups in total. The second-order valence-electron chi connectivity index (χ2n) is 9.41. The van der Waals surface area contributed by atoms with Crippen LogP contribution in [0.5, 0.6) is 11.5 Å². The zero-order valence-corrected chi connectivity index (χ0v) is 22.3. The number of hydrogen-bond acceptors (Lipinski definition) is 6. The fraction of sp³-hybridized carbons (Fsp3) is 0.333. The van der Waals surface area contributed by atoms with E-state index in [4.69, 9.17) is 20.2 Å². The van der Waals surface area contributed by atoms with Crippen molar-refractivity contribution < 1.29 is 23.9 Å². The highest BCUT2D eigenvalue weighted by molar-refractivity contribution is 5.96. The Hall–Kier alpha value is -4.40. The molecule has 39 heavy (non-hydrogen) atoms. The second kappa shape index (κ2) is 12.9. The Morgan fingerprint density at radius 1 is 0.949 bits per heavy atom. The van der Waals surface area contributed by atoms with Crippen molar-refractivity contribution >= 4 is 17.7 Å². The number of likely N-dealkylation sites (tertiary alicyclic amines) is 1. The average Bonchev–Trinajstić information content (AvgIpc) is 2.95. The Balaban J connectivity index is 1.37. The molecule has 0 saturated carbocycles. The Labute approximate surface area is 228 Å². The number of aryl methyl sites for hydroxylation is 1. The first-order chi connectivity index (χ1) is 18.9. The summed E-state index contributed by atoms with van der Waals surface area (Å²) in [5.41, 5.74) is 8.67. The maximum atomic E-state index is 13.2. The molecule has 1 aliphatic rings. The molecule has 204 valence electrons. The molecular weight excluding hydrogens is 496 g/mol. The van der Waals surface area contributed by atoms with Crippen LogP contribution in [-0.4, -0.2) is 53.9 Å². The topological polar surface area (TPSA) is 124 Å². The van der Waals surface area contributed by atoms with E-state index in [-0.39, 0.29) is 35.7 Å². The first-order valence-corrected chi connectivity index (χ1v) is 13.1.